The molecular formula is C14H31N3. The summed E-state index contributed by atoms with van der Waals surface area (Å²) in [5, 5.41) is 0. The van der Waals surface area contributed by atoms with Crippen LogP contribution in [0.1, 0.15) is 45.4 Å². The van der Waals surface area contributed by atoms with Crippen molar-refractivity contribution in [3.05, 3.63) is 0 Å². The quantitative estimate of drug-likeness (QED) is 0.705. The maximum absolute atomic E-state index is 5.69. The molecule has 1 unspecified atom stereocenters. The molecule has 3 heteroatoms. The van der Waals surface area contributed by atoms with Crippen molar-refractivity contribution < 1.29 is 0 Å². The molecule has 2 N–H and O–H groups in total. The number of piperidine rings is 1. The van der Waals surface area contributed by atoms with Crippen LogP contribution in [0.3, 0.4) is 0 Å². The van der Waals surface area contributed by atoms with Crippen molar-refractivity contribution >= 4 is 0 Å². The molecule has 0 radical (unpaired) electrons. The molecule has 0 spiro atoms. The first-order valence-electron chi connectivity index (χ1n) is 7.40. The van der Waals surface area contributed by atoms with Crippen molar-refractivity contribution in [2.24, 2.45) is 5.73 Å². The van der Waals surface area contributed by atoms with Crippen LogP contribution in [0.2, 0.25) is 0 Å². The van der Waals surface area contributed by atoms with Crippen molar-refractivity contribution in [1.82, 2.24) is 9.80 Å². The lowest BCUT2D eigenvalue weighted by atomic mass is 10.00. The number of rotatable bonds is 8. The van der Waals surface area contributed by atoms with Gasteiger partial charge >= 0.3 is 0 Å². The molecule has 0 aromatic rings. The van der Waals surface area contributed by atoms with Gasteiger partial charge < -0.3 is 15.5 Å². The number of unbranched alkanes of at least 4 members (excludes halogenated alkanes) is 1. The molecule has 1 saturated heterocycles. The third-order valence-corrected chi connectivity index (χ3v) is 3.97. The topological polar surface area (TPSA) is 32.5 Å². The fourth-order valence-corrected chi connectivity index (χ4v) is 2.74. The molecule has 0 bridgehead atoms. The van der Waals surface area contributed by atoms with Crippen LogP contribution in [0.15, 0.2) is 0 Å². The maximum Gasteiger partial charge on any atom is 0.0105 e. The van der Waals surface area contributed by atoms with E-state index in [2.05, 4.69) is 23.8 Å². The van der Waals surface area contributed by atoms with Crippen molar-refractivity contribution in [1.29, 1.82) is 0 Å². The standard InChI is InChI=1S/C14H31N3/c1-3-4-11-17(13-9-15)12-8-14-7-5-6-10-16(14)2/h14H,3-13,15H2,1-2H3. The fraction of sp³-hybridized carbons (Fsp3) is 1.00. The van der Waals surface area contributed by atoms with Gasteiger partial charge in [-0.25, -0.2) is 0 Å². The highest BCUT2D eigenvalue weighted by Gasteiger charge is 2.19. The van der Waals surface area contributed by atoms with Crippen LogP contribution in [-0.2, 0) is 0 Å². The Labute approximate surface area is 107 Å². The SMILES string of the molecule is CCCCN(CCN)CCC1CCCCN1C. The van der Waals surface area contributed by atoms with E-state index in [0.717, 1.165) is 19.1 Å². The minimum Gasteiger partial charge on any atom is -0.329 e. The molecule has 1 aliphatic heterocycles. The lowest BCUT2D eigenvalue weighted by molar-refractivity contribution is 0.154. The number of nitrogens with two attached hydrogens (primary N) is 1. The third-order valence-electron chi connectivity index (χ3n) is 3.97. The highest BCUT2D eigenvalue weighted by molar-refractivity contribution is 4.75. The smallest absolute Gasteiger partial charge is 0.0105 e. The summed E-state index contributed by atoms with van der Waals surface area (Å²) < 4.78 is 0. The molecule has 0 saturated carbocycles. The minimum atomic E-state index is 0.796. The Hall–Kier alpha value is -0.120. The Kier molecular flexibility index (Phi) is 7.82. The van der Waals surface area contributed by atoms with E-state index in [1.165, 1.54) is 58.2 Å². The Bertz CT molecular complexity index is 184. The van der Waals surface area contributed by atoms with Crippen LogP contribution in [0.25, 0.3) is 0 Å². The summed E-state index contributed by atoms with van der Waals surface area (Å²) in [6, 6.07) is 0.811. The van der Waals surface area contributed by atoms with Gasteiger partial charge in [0.1, 0.15) is 0 Å². The molecule has 3 nitrogen and oxygen atoms in total. The number of hydrogen-bond acceptors (Lipinski definition) is 3. The summed E-state index contributed by atoms with van der Waals surface area (Å²) in [5.74, 6) is 0. The lowest BCUT2D eigenvalue weighted by Gasteiger charge is -2.34. The van der Waals surface area contributed by atoms with E-state index in [0.29, 0.717) is 0 Å². The average Bonchev–Trinajstić information content (AvgIpc) is 2.34. The number of nitrogens with zero attached hydrogens (tertiary/aromatic N) is 2. The molecule has 1 aliphatic rings. The van der Waals surface area contributed by atoms with Crippen LogP contribution in [0, 0.1) is 0 Å². The summed E-state index contributed by atoms with van der Waals surface area (Å²) in [7, 11) is 2.28. The van der Waals surface area contributed by atoms with E-state index in [1.54, 1.807) is 0 Å². The second-order valence-electron chi connectivity index (χ2n) is 5.40. The molecule has 0 aromatic heterocycles. The Morgan fingerprint density at radius 3 is 2.71 bits per heavy atom. The molecule has 0 aliphatic carbocycles. The Balaban J connectivity index is 2.23. The highest BCUT2D eigenvalue weighted by atomic mass is 15.2. The van der Waals surface area contributed by atoms with Gasteiger partial charge in [0.2, 0.25) is 0 Å². The van der Waals surface area contributed by atoms with Crippen molar-refractivity contribution in [2.45, 2.75) is 51.5 Å². The van der Waals surface area contributed by atoms with Gasteiger partial charge in [0.25, 0.3) is 0 Å². The van der Waals surface area contributed by atoms with E-state index >= 15 is 0 Å². The predicted molar refractivity (Wildman–Crippen MR) is 75.3 cm³/mol. The first kappa shape index (κ1) is 14.9. The first-order chi connectivity index (χ1) is 8.27. The molecule has 0 aromatic carbocycles. The van der Waals surface area contributed by atoms with Crippen LogP contribution in [0.4, 0.5) is 0 Å². The molecule has 17 heavy (non-hydrogen) atoms. The van der Waals surface area contributed by atoms with Crippen molar-refractivity contribution in [3.63, 3.8) is 0 Å². The van der Waals surface area contributed by atoms with Gasteiger partial charge in [-0.1, -0.05) is 19.8 Å². The van der Waals surface area contributed by atoms with Gasteiger partial charge in [-0.3, -0.25) is 0 Å². The van der Waals surface area contributed by atoms with Gasteiger partial charge in [-0.2, -0.15) is 0 Å². The van der Waals surface area contributed by atoms with E-state index in [-0.39, 0.29) is 0 Å². The molecule has 1 rings (SSSR count). The van der Waals surface area contributed by atoms with E-state index in [9.17, 15) is 0 Å². The van der Waals surface area contributed by atoms with Crippen LogP contribution >= 0.6 is 0 Å². The summed E-state index contributed by atoms with van der Waals surface area (Å²) in [6.45, 7) is 7.86. The van der Waals surface area contributed by atoms with Gasteiger partial charge in [-0.05, 0) is 52.4 Å². The molecule has 1 fully saturated rings. The van der Waals surface area contributed by atoms with Crippen molar-refractivity contribution in [2.75, 3.05) is 39.8 Å². The average molecular weight is 241 g/mol. The maximum atomic E-state index is 5.69. The summed E-state index contributed by atoms with van der Waals surface area (Å²) >= 11 is 0. The first-order valence-corrected chi connectivity index (χ1v) is 7.40. The zero-order valence-electron chi connectivity index (χ0n) is 11.8. The number of likely N-dealkylation sites (tertiary alicyclic amines) is 1. The van der Waals surface area contributed by atoms with Gasteiger partial charge in [-0.15, -0.1) is 0 Å². The number of hydrogen-bond donors (Lipinski definition) is 1. The summed E-state index contributed by atoms with van der Waals surface area (Å²) in [5.41, 5.74) is 5.69. The third kappa shape index (κ3) is 5.84. The fourth-order valence-electron chi connectivity index (χ4n) is 2.74. The highest BCUT2D eigenvalue weighted by Crippen LogP contribution is 2.18. The Morgan fingerprint density at radius 1 is 1.24 bits per heavy atom. The van der Waals surface area contributed by atoms with E-state index < -0.39 is 0 Å². The molecular weight excluding hydrogens is 210 g/mol. The summed E-state index contributed by atoms with van der Waals surface area (Å²) in [4.78, 5) is 5.09. The van der Waals surface area contributed by atoms with Crippen molar-refractivity contribution in [3.8, 4) is 0 Å². The van der Waals surface area contributed by atoms with Gasteiger partial charge in [0, 0.05) is 19.1 Å². The van der Waals surface area contributed by atoms with E-state index in [4.69, 9.17) is 5.73 Å². The van der Waals surface area contributed by atoms with Crippen LogP contribution in [-0.4, -0.2) is 55.6 Å². The molecule has 1 atom stereocenters. The van der Waals surface area contributed by atoms with Crippen LogP contribution < -0.4 is 5.73 Å². The predicted octanol–water partition coefficient (Wildman–Crippen LogP) is 1.92. The molecule has 1 heterocycles. The minimum absolute atomic E-state index is 0.796. The van der Waals surface area contributed by atoms with Crippen LogP contribution in [0.5, 0.6) is 0 Å². The largest absolute Gasteiger partial charge is 0.329 e. The van der Waals surface area contributed by atoms with Gasteiger partial charge in [0.05, 0.1) is 0 Å². The normalized spacial score (nSPS) is 22.2. The van der Waals surface area contributed by atoms with E-state index in [1.807, 2.05) is 0 Å². The summed E-state index contributed by atoms with van der Waals surface area (Å²) in [6.07, 6.45) is 8.10. The zero-order valence-corrected chi connectivity index (χ0v) is 11.8. The molecule has 0 amide bonds. The monoisotopic (exact) mass is 241 g/mol. The second-order valence-corrected chi connectivity index (χ2v) is 5.40. The zero-order chi connectivity index (χ0) is 12.5. The molecule has 102 valence electrons. The van der Waals surface area contributed by atoms with Gasteiger partial charge in [0.15, 0.2) is 0 Å². The lowest BCUT2D eigenvalue weighted by Crippen LogP contribution is -2.40. The second kappa shape index (κ2) is 8.90. The Morgan fingerprint density at radius 2 is 2.06 bits per heavy atom.